The van der Waals surface area contributed by atoms with E-state index in [0.717, 1.165) is 11.3 Å². The highest BCUT2D eigenvalue weighted by Gasteiger charge is 2.34. The second-order valence-electron chi connectivity index (χ2n) is 3.76. The molecule has 0 amide bonds. The normalized spacial score (nSPS) is 24.9. The lowest BCUT2D eigenvalue weighted by molar-refractivity contribution is -0.0428. The predicted octanol–water partition coefficient (Wildman–Crippen LogP) is 1.61. The topological polar surface area (TPSA) is 54.7 Å². The van der Waals surface area contributed by atoms with E-state index in [1.54, 1.807) is 19.2 Å². The SMILES string of the molecule is CC1(CO)CC(c2cccnc2Cl)=NO1. The van der Waals surface area contributed by atoms with Crippen LogP contribution in [0.1, 0.15) is 18.9 Å². The first-order chi connectivity index (χ1) is 7.14. The zero-order chi connectivity index (χ0) is 10.9. The molecule has 4 nitrogen and oxygen atoms in total. The average Bonchev–Trinajstić information content (AvgIpc) is 2.63. The van der Waals surface area contributed by atoms with Gasteiger partial charge in [0.25, 0.3) is 0 Å². The molecule has 5 heteroatoms. The summed E-state index contributed by atoms with van der Waals surface area (Å²) in [4.78, 5) is 9.13. The van der Waals surface area contributed by atoms with Gasteiger partial charge in [-0.05, 0) is 19.1 Å². The maximum absolute atomic E-state index is 9.11. The fraction of sp³-hybridized carbons (Fsp3) is 0.400. The number of nitrogens with zero attached hydrogens (tertiary/aromatic N) is 2. The molecule has 1 N–H and O–H groups in total. The second-order valence-corrected chi connectivity index (χ2v) is 4.11. The Balaban J connectivity index is 2.25. The Hall–Kier alpha value is -1.13. The quantitative estimate of drug-likeness (QED) is 0.780. The van der Waals surface area contributed by atoms with Crippen LogP contribution in [-0.2, 0) is 4.84 Å². The maximum atomic E-state index is 9.11. The Morgan fingerprint density at radius 3 is 3.07 bits per heavy atom. The third-order valence-electron chi connectivity index (χ3n) is 2.32. The van der Waals surface area contributed by atoms with Crippen molar-refractivity contribution in [3.63, 3.8) is 0 Å². The highest BCUT2D eigenvalue weighted by Crippen LogP contribution is 2.27. The highest BCUT2D eigenvalue weighted by atomic mass is 35.5. The third kappa shape index (κ3) is 1.96. The second kappa shape index (κ2) is 3.79. The molecule has 2 rings (SSSR count). The number of hydrogen-bond acceptors (Lipinski definition) is 4. The average molecular weight is 227 g/mol. The summed E-state index contributed by atoms with van der Waals surface area (Å²) >= 11 is 5.93. The van der Waals surface area contributed by atoms with Gasteiger partial charge in [0.2, 0.25) is 0 Å². The van der Waals surface area contributed by atoms with Gasteiger partial charge in [-0.15, -0.1) is 0 Å². The number of halogens is 1. The summed E-state index contributed by atoms with van der Waals surface area (Å²) in [5, 5.41) is 13.4. The van der Waals surface area contributed by atoms with Crippen molar-refractivity contribution in [3.8, 4) is 0 Å². The summed E-state index contributed by atoms with van der Waals surface area (Å²) < 4.78 is 0. The summed E-state index contributed by atoms with van der Waals surface area (Å²) in [5.41, 5.74) is 0.857. The summed E-state index contributed by atoms with van der Waals surface area (Å²) in [6.07, 6.45) is 2.16. The van der Waals surface area contributed by atoms with E-state index >= 15 is 0 Å². The van der Waals surface area contributed by atoms with Gasteiger partial charge >= 0.3 is 0 Å². The minimum atomic E-state index is -0.630. The lowest BCUT2D eigenvalue weighted by Crippen LogP contribution is -2.29. The number of rotatable bonds is 2. The van der Waals surface area contributed by atoms with Crippen LogP contribution in [0.2, 0.25) is 5.15 Å². The minimum Gasteiger partial charge on any atom is -0.392 e. The molecule has 0 aromatic carbocycles. The molecular formula is C10H11ClN2O2. The van der Waals surface area contributed by atoms with Gasteiger partial charge in [-0.2, -0.15) is 0 Å². The first kappa shape index (κ1) is 10.4. The molecule has 0 spiro atoms. The molecule has 0 bridgehead atoms. The third-order valence-corrected chi connectivity index (χ3v) is 2.62. The maximum Gasteiger partial charge on any atom is 0.163 e. The van der Waals surface area contributed by atoms with Gasteiger partial charge in [0.15, 0.2) is 5.60 Å². The molecule has 1 aliphatic heterocycles. The van der Waals surface area contributed by atoms with Gasteiger partial charge in [-0.1, -0.05) is 16.8 Å². The molecule has 15 heavy (non-hydrogen) atoms. The molecule has 1 unspecified atom stereocenters. The number of pyridine rings is 1. The smallest absolute Gasteiger partial charge is 0.163 e. The van der Waals surface area contributed by atoms with Gasteiger partial charge in [0.1, 0.15) is 5.15 Å². The summed E-state index contributed by atoms with van der Waals surface area (Å²) in [6, 6.07) is 3.62. The van der Waals surface area contributed by atoms with Crippen LogP contribution in [0.4, 0.5) is 0 Å². The number of aliphatic hydroxyl groups is 1. The minimum absolute atomic E-state index is 0.0715. The van der Waals surface area contributed by atoms with Crippen molar-refractivity contribution in [1.82, 2.24) is 4.98 Å². The van der Waals surface area contributed by atoms with E-state index in [1.165, 1.54) is 0 Å². The molecule has 1 aromatic rings. The number of aliphatic hydroxyl groups excluding tert-OH is 1. The number of oxime groups is 1. The van der Waals surface area contributed by atoms with Gasteiger partial charge in [0, 0.05) is 18.2 Å². The van der Waals surface area contributed by atoms with Crippen LogP contribution in [0.25, 0.3) is 0 Å². The van der Waals surface area contributed by atoms with Crippen LogP contribution in [0, 0.1) is 0 Å². The molecule has 0 fully saturated rings. The number of hydrogen-bond donors (Lipinski definition) is 1. The van der Waals surface area contributed by atoms with Crippen LogP contribution in [0.3, 0.4) is 0 Å². The molecular weight excluding hydrogens is 216 g/mol. The Kier molecular flexibility index (Phi) is 2.63. The van der Waals surface area contributed by atoms with Gasteiger partial charge in [-0.3, -0.25) is 0 Å². The zero-order valence-electron chi connectivity index (χ0n) is 8.27. The molecule has 0 radical (unpaired) electrons. The van der Waals surface area contributed by atoms with Crippen LogP contribution < -0.4 is 0 Å². The molecule has 2 heterocycles. The van der Waals surface area contributed by atoms with E-state index in [1.807, 2.05) is 6.07 Å². The fourth-order valence-electron chi connectivity index (χ4n) is 1.41. The van der Waals surface area contributed by atoms with Gasteiger partial charge < -0.3 is 9.94 Å². The van der Waals surface area contributed by atoms with E-state index in [2.05, 4.69) is 10.1 Å². The molecule has 0 saturated carbocycles. The Labute approximate surface area is 92.5 Å². The standard InChI is InChI=1S/C10H11ClN2O2/c1-10(6-14)5-8(13-15-10)7-3-2-4-12-9(7)11/h2-4,14H,5-6H2,1H3. The Morgan fingerprint density at radius 2 is 2.47 bits per heavy atom. The van der Waals surface area contributed by atoms with E-state index in [0.29, 0.717) is 11.6 Å². The van der Waals surface area contributed by atoms with Crippen molar-refractivity contribution >= 4 is 17.3 Å². The van der Waals surface area contributed by atoms with Crippen molar-refractivity contribution in [1.29, 1.82) is 0 Å². The van der Waals surface area contributed by atoms with E-state index < -0.39 is 5.60 Å². The summed E-state index contributed by atoms with van der Waals surface area (Å²) in [7, 11) is 0. The van der Waals surface area contributed by atoms with Crippen molar-refractivity contribution in [3.05, 3.63) is 29.0 Å². The molecule has 0 saturated heterocycles. The van der Waals surface area contributed by atoms with Crippen LogP contribution in [-0.4, -0.2) is 28.0 Å². The Morgan fingerprint density at radius 1 is 1.67 bits per heavy atom. The molecule has 1 aromatic heterocycles. The van der Waals surface area contributed by atoms with E-state index in [9.17, 15) is 0 Å². The first-order valence-electron chi connectivity index (χ1n) is 4.61. The predicted molar refractivity (Wildman–Crippen MR) is 57.0 cm³/mol. The largest absolute Gasteiger partial charge is 0.392 e. The summed E-state index contributed by atoms with van der Waals surface area (Å²) in [6.45, 7) is 1.73. The van der Waals surface area contributed by atoms with Crippen LogP contribution >= 0.6 is 11.6 Å². The molecule has 1 aliphatic rings. The molecule has 1 atom stereocenters. The fourth-order valence-corrected chi connectivity index (χ4v) is 1.64. The van der Waals surface area contributed by atoms with Crippen molar-refractivity contribution in [2.75, 3.05) is 6.61 Å². The summed E-state index contributed by atoms with van der Waals surface area (Å²) in [5.74, 6) is 0. The molecule has 80 valence electrons. The van der Waals surface area contributed by atoms with Crippen molar-refractivity contribution in [2.45, 2.75) is 18.9 Å². The van der Waals surface area contributed by atoms with Crippen molar-refractivity contribution < 1.29 is 9.94 Å². The van der Waals surface area contributed by atoms with Gasteiger partial charge in [0.05, 0.1) is 12.3 Å². The van der Waals surface area contributed by atoms with E-state index in [-0.39, 0.29) is 6.61 Å². The number of aromatic nitrogens is 1. The molecule has 0 aliphatic carbocycles. The zero-order valence-corrected chi connectivity index (χ0v) is 9.03. The lowest BCUT2D eigenvalue weighted by atomic mass is 9.98. The van der Waals surface area contributed by atoms with E-state index in [4.69, 9.17) is 21.5 Å². The first-order valence-corrected chi connectivity index (χ1v) is 4.99. The van der Waals surface area contributed by atoms with Crippen LogP contribution in [0.15, 0.2) is 23.5 Å². The monoisotopic (exact) mass is 226 g/mol. The Bertz CT molecular complexity index is 408. The van der Waals surface area contributed by atoms with Crippen molar-refractivity contribution in [2.24, 2.45) is 5.16 Å². The lowest BCUT2D eigenvalue weighted by Gasteiger charge is -2.17. The van der Waals surface area contributed by atoms with Crippen LogP contribution in [0.5, 0.6) is 0 Å². The highest BCUT2D eigenvalue weighted by molar-refractivity contribution is 6.33. The van der Waals surface area contributed by atoms with Gasteiger partial charge in [-0.25, -0.2) is 4.98 Å².